The first-order valence-electron chi connectivity index (χ1n) is 4.53. The highest BCUT2D eigenvalue weighted by Gasteiger charge is 1.94. The quantitative estimate of drug-likeness (QED) is 0.618. The van der Waals surface area contributed by atoms with E-state index in [0.717, 1.165) is 17.8 Å². The molecule has 1 aromatic rings. The Bertz CT molecular complexity index is 324. The van der Waals surface area contributed by atoms with E-state index < -0.39 is 0 Å². The summed E-state index contributed by atoms with van der Waals surface area (Å²) < 4.78 is 0. The van der Waals surface area contributed by atoms with E-state index in [1.165, 1.54) is 5.56 Å². The van der Waals surface area contributed by atoms with Gasteiger partial charge in [0.15, 0.2) is 0 Å². The molecule has 1 rings (SSSR count). The molecule has 0 aliphatic carbocycles. The van der Waals surface area contributed by atoms with Crippen LogP contribution in [0, 0.1) is 6.92 Å². The van der Waals surface area contributed by atoms with Crippen molar-refractivity contribution >= 4 is 11.4 Å². The first kappa shape index (κ1) is 9.72. The average molecular weight is 173 g/mol. The van der Waals surface area contributed by atoms with Crippen LogP contribution in [-0.2, 0) is 0 Å². The lowest BCUT2D eigenvalue weighted by Gasteiger charge is -2.00. The molecule has 0 saturated carbocycles. The Balaban J connectivity index is 3.02. The fourth-order valence-corrected chi connectivity index (χ4v) is 1.11. The topological polar surface area (TPSA) is 12.4 Å². The van der Waals surface area contributed by atoms with Gasteiger partial charge in [-0.25, -0.2) is 0 Å². The Kier molecular flexibility index (Phi) is 3.44. The average Bonchev–Trinajstić information content (AvgIpc) is 2.17. The van der Waals surface area contributed by atoms with E-state index in [4.69, 9.17) is 0 Å². The fourth-order valence-electron chi connectivity index (χ4n) is 1.11. The molecule has 0 radical (unpaired) electrons. The highest BCUT2D eigenvalue weighted by molar-refractivity contribution is 5.96. The maximum Gasteiger partial charge on any atom is 0.0662 e. The van der Waals surface area contributed by atoms with E-state index in [1.807, 2.05) is 24.3 Å². The normalized spacial score (nSPS) is 11.4. The lowest BCUT2D eigenvalue weighted by atomic mass is 10.2. The van der Waals surface area contributed by atoms with Crippen molar-refractivity contribution in [1.29, 1.82) is 0 Å². The molecule has 1 heteroatoms. The molecule has 0 aliphatic rings. The highest BCUT2D eigenvalue weighted by atomic mass is 14.7. The summed E-state index contributed by atoms with van der Waals surface area (Å²) in [5, 5.41) is 0. The standard InChI is InChI=1S/C12H15N/c1-4-11(5-2)13-12-9-7-6-8-10(12)3/h4,6-9H,1,5H2,2-3H3. The number of aryl methyl sites for hydroxylation is 1. The highest BCUT2D eigenvalue weighted by Crippen LogP contribution is 2.17. The summed E-state index contributed by atoms with van der Waals surface area (Å²) >= 11 is 0. The van der Waals surface area contributed by atoms with Crippen LogP contribution in [0.15, 0.2) is 41.9 Å². The Labute approximate surface area is 79.8 Å². The predicted octanol–water partition coefficient (Wildman–Crippen LogP) is 3.66. The van der Waals surface area contributed by atoms with Crippen molar-refractivity contribution in [3.8, 4) is 0 Å². The molecule has 0 fully saturated rings. The van der Waals surface area contributed by atoms with Crippen molar-refractivity contribution in [2.24, 2.45) is 4.99 Å². The number of rotatable bonds is 3. The molecule has 0 bridgehead atoms. The molecule has 0 amide bonds. The van der Waals surface area contributed by atoms with Crippen molar-refractivity contribution in [3.05, 3.63) is 42.5 Å². The van der Waals surface area contributed by atoms with E-state index >= 15 is 0 Å². The van der Waals surface area contributed by atoms with Crippen LogP contribution in [0.2, 0.25) is 0 Å². The molecular weight excluding hydrogens is 158 g/mol. The second-order valence-electron chi connectivity index (χ2n) is 2.95. The maximum absolute atomic E-state index is 4.49. The molecule has 0 atom stereocenters. The van der Waals surface area contributed by atoms with Crippen molar-refractivity contribution < 1.29 is 0 Å². The largest absolute Gasteiger partial charge is 0.253 e. The molecule has 13 heavy (non-hydrogen) atoms. The Morgan fingerprint density at radius 1 is 1.46 bits per heavy atom. The third kappa shape index (κ3) is 2.55. The van der Waals surface area contributed by atoms with Crippen molar-refractivity contribution in [1.82, 2.24) is 0 Å². The molecule has 0 aromatic heterocycles. The minimum Gasteiger partial charge on any atom is -0.253 e. The summed E-state index contributed by atoms with van der Waals surface area (Å²) in [6.45, 7) is 7.87. The van der Waals surface area contributed by atoms with Gasteiger partial charge in [-0.3, -0.25) is 4.99 Å². The minimum absolute atomic E-state index is 0.928. The molecule has 68 valence electrons. The number of aliphatic imine (C=N–C) groups is 1. The first-order chi connectivity index (χ1) is 6.27. The van der Waals surface area contributed by atoms with Gasteiger partial charge in [0, 0.05) is 5.71 Å². The molecule has 1 nitrogen and oxygen atoms in total. The smallest absolute Gasteiger partial charge is 0.0662 e. The Morgan fingerprint density at radius 3 is 2.69 bits per heavy atom. The second-order valence-corrected chi connectivity index (χ2v) is 2.95. The fraction of sp³-hybridized carbons (Fsp3) is 0.250. The monoisotopic (exact) mass is 173 g/mol. The van der Waals surface area contributed by atoms with Gasteiger partial charge in [-0.1, -0.05) is 31.7 Å². The van der Waals surface area contributed by atoms with Crippen molar-refractivity contribution in [2.45, 2.75) is 20.3 Å². The van der Waals surface area contributed by atoms with Gasteiger partial charge in [-0.15, -0.1) is 0 Å². The Hall–Kier alpha value is -1.37. The molecule has 0 N–H and O–H groups in total. The summed E-state index contributed by atoms with van der Waals surface area (Å²) in [4.78, 5) is 4.49. The van der Waals surface area contributed by atoms with Crippen LogP contribution in [0.5, 0.6) is 0 Å². The second kappa shape index (κ2) is 4.61. The summed E-state index contributed by atoms with van der Waals surface area (Å²) in [5.74, 6) is 0. The maximum atomic E-state index is 4.49. The van der Waals surface area contributed by atoms with E-state index in [9.17, 15) is 0 Å². The van der Waals surface area contributed by atoms with Crippen LogP contribution in [-0.4, -0.2) is 5.71 Å². The number of hydrogen-bond donors (Lipinski definition) is 0. The summed E-state index contributed by atoms with van der Waals surface area (Å²) in [7, 11) is 0. The molecule has 0 unspecified atom stereocenters. The van der Waals surface area contributed by atoms with Gasteiger partial charge in [0.1, 0.15) is 0 Å². The van der Waals surface area contributed by atoms with Crippen molar-refractivity contribution in [3.63, 3.8) is 0 Å². The molecule has 0 heterocycles. The first-order valence-corrected chi connectivity index (χ1v) is 4.53. The van der Waals surface area contributed by atoms with E-state index in [1.54, 1.807) is 0 Å². The van der Waals surface area contributed by atoms with E-state index in [0.29, 0.717) is 0 Å². The number of nitrogens with zero attached hydrogens (tertiary/aromatic N) is 1. The van der Waals surface area contributed by atoms with Crippen LogP contribution in [0.3, 0.4) is 0 Å². The summed E-state index contributed by atoms with van der Waals surface area (Å²) in [6, 6.07) is 8.11. The van der Waals surface area contributed by atoms with Crippen LogP contribution in [0.4, 0.5) is 5.69 Å². The Morgan fingerprint density at radius 2 is 2.15 bits per heavy atom. The van der Waals surface area contributed by atoms with Crippen LogP contribution >= 0.6 is 0 Å². The third-order valence-electron chi connectivity index (χ3n) is 1.98. The summed E-state index contributed by atoms with van der Waals surface area (Å²) in [5.41, 5.74) is 3.28. The molecule has 0 aliphatic heterocycles. The number of allylic oxidation sites excluding steroid dienone is 1. The SMILES string of the molecule is C=CC(CC)=Nc1ccccc1C. The van der Waals surface area contributed by atoms with Crippen LogP contribution in [0.1, 0.15) is 18.9 Å². The zero-order valence-corrected chi connectivity index (χ0v) is 8.25. The van der Waals surface area contributed by atoms with Gasteiger partial charge in [0.05, 0.1) is 5.69 Å². The van der Waals surface area contributed by atoms with Gasteiger partial charge in [0.25, 0.3) is 0 Å². The van der Waals surface area contributed by atoms with Gasteiger partial charge >= 0.3 is 0 Å². The zero-order valence-electron chi connectivity index (χ0n) is 8.25. The lowest BCUT2D eigenvalue weighted by Crippen LogP contribution is -1.88. The molecule has 1 aromatic carbocycles. The molecular formula is C12H15N. The van der Waals surface area contributed by atoms with Gasteiger partial charge in [-0.2, -0.15) is 0 Å². The molecule has 0 spiro atoms. The molecule has 0 saturated heterocycles. The van der Waals surface area contributed by atoms with Gasteiger partial charge in [0.2, 0.25) is 0 Å². The summed E-state index contributed by atoms with van der Waals surface area (Å²) in [6.07, 6.45) is 2.74. The number of hydrogen-bond acceptors (Lipinski definition) is 1. The number of benzene rings is 1. The van der Waals surface area contributed by atoms with Gasteiger partial charge in [-0.05, 0) is 31.1 Å². The van der Waals surface area contributed by atoms with Crippen LogP contribution in [0.25, 0.3) is 0 Å². The van der Waals surface area contributed by atoms with Crippen LogP contribution < -0.4 is 0 Å². The predicted molar refractivity (Wildman–Crippen MR) is 58.8 cm³/mol. The number of para-hydroxylation sites is 1. The zero-order chi connectivity index (χ0) is 9.68. The van der Waals surface area contributed by atoms with Gasteiger partial charge < -0.3 is 0 Å². The third-order valence-corrected chi connectivity index (χ3v) is 1.98. The minimum atomic E-state index is 0.928. The van der Waals surface area contributed by atoms with E-state index in [-0.39, 0.29) is 0 Å². The van der Waals surface area contributed by atoms with Crippen molar-refractivity contribution in [2.75, 3.05) is 0 Å². The van der Waals surface area contributed by atoms with E-state index in [2.05, 4.69) is 31.5 Å². The lowest BCUT2D eigenvalue weighted by molar-refractivity contribution is 1.27.